The normalized spacial score (nSPS) is 17.5. The van der Waals surface area contributed by atoms with E-state index in [9.17, 15) is 0 Å². The molecular weight excluding hydrogens is 232 g/mol. The Morgan fingerprint density at radius 3 is 2.25 bits per heavy atom. The van der Waals surface area contributed by atoms with E-state index in [1.54, 1.807) is 0 Å². The lowest BCUT2D eigenvalue weighted by Crippen LogP contribution is -2.29. The second-order valence-corrected chi connectivity index (χ2v) is 8.51. The Labute approximate surface area is 86.7 Å². The van der Waals surface area contributed by atoms with E-state index >= 15 is 0 Å². The predicted octanol–water partition coefficient (Wildman–Crippen LogP) is 3.33. The molecule has 0 aromatic heterocycles. The summed E-state index contributed by atoms with van der Waals surface area (Å²) in [6.07, 6.45) is 1.54. The summed E-state index contributed by atoms with van der Waals surface area (Å²) in [5.41, 5.74) is 0. The minimum atomic E-state index is -1.00. The molecule has 0 aliphatic carbocycles. The first-order chi connectivity index (χ1) is 5.38. The molecule has 0 aromatic carbocycles. The third-order valence-electron chi connectivity index (χ3n) is 2.17. The zero-order valence-corrected chi connectivity index (χ0v) is 11.6. The molecular formula is C9H21BrOSi. The van der Waals surface area contributed by atoms with Crippen molar-refractivity contribution in [2.45, 2.75) is 51.8 Å². The molecule has 12 heavy (non-hydrogen) atoms. The van der Waals surface area contributed by atoms with Crippen LogP contribution in [0.5, 0.6) is 0 Å². The molecule has 0 heterocycles. The van der Waals surface area contributed by atoms with Gasteiger partial charge in [0.2, 0.25) is 0 Å². The maximum atomic E-state index is 5.96. The molecule has 0 aromatic rings. The first-order valence-corrected chi connectivity index (χ1v) is 7.92. The van der Waals surface area contributed by atoms with Gasteiger partial charge in [-0.15, -0.1) is 0 Å². The molecule has 1 nitrogen and oxygen atoms in total. The second-order valence-electron chi connectivity index (χ2n) is 4.43. The van der Waals surface area contributed by atoms with Crippen molar-refractivity contribution in [3.05, 3.63) is 0 Å². The topological polar surface area (TPSA) is 9.23 Å². The van der Waals surface area contributed by atoms with Crippen LogP contribution in [0, 0.1) is 0 Å². The molecule has 0 amide bonds. The highest BCUT2D eigenvalue weighted by atomic mass is 79.9. The van der Waals surface area contributed by atoms with Crippen molar-refractivity contribution < 1.29 is 4.43 Å². The van der Waals surface area contributed by atoms with E-state index in [0.717, 1.165) is 11.8 Å². The van der Waals surface area contributed by atoms with Crippen molar-refractivity contribution in [1.29, 1.82) is 0 Å². The van der Waals surface area contributed by atoms with Gasteiger partial charge in [-0.25, -0.2) is 0 Å². The molecule has 0 aliphatic heterocycles. The third-order valence-corrected chi connectivity index (χ3v) is 5.94. The first-order valence-electron chi connectivity index (χ1n) is 4.59. The number of rotatable bonds is 4. The predicted molar refractivity (Wildman–Crippen MR) is 61.7 cm³/mol. The van der Waals surface area contributed by atoms with E-state index in [1.807, 2.05) is 0 Å². The van der Waals surface area contributed by atoms with Crippen molar-refractivity contribution in [2.24, 2.45) is 0 Å². The van der Waals surface area contributed by atoms with Crippen LogP contribution in [-0.4, -0.2) is 20.5 Å². The highest BCUT2D eigenvalue weighted by Gasteiger charge is 2.24. The maximum Gasteiger partial charge on any atom is 0.179 e. The molecule has 2 atom stereocenters. The van der Waals surface area contributed by atoms with Crippen LogP contribution in [0.2, 0.25) is 11.6 Å². The lowest BCUT2D eigenvalue weighted by Gasteiger charge is -2.28. The Bertz CT molecular complexity index is 122. The van der Waals surface area contributed by atoms with E-state index in [1.165, 1.54) is 0 Å². The minimum Gasteiger partial charge on any atom is -0.417 e. The summed E-state index contributed by atoms with van der Waals surface area (Å²) in [4.78, 5) is 0. The highest BCUT2D eigenvalue weighted by Crippen LogP contribution is 2.28. The summed E-state index contributed by atoms with van der Waals surface area (Å²) in [6, 6.07) is 0. The van der Waals surface area contributed by atoms with E-state index in [0.29, 0.717) is 11.1 Å². The molecule has 0 fully saturated rings. The molecule has 0 rings (SSSR count). The van der Waals surface area contributed by atoms with Crippen molar-refractivity contribution >= 4 is 25.0 Å². The van der Waals surface area contributed by atoms with Crippen LogP contribution in [0.1, 0.15) is 34.1 Å². The summed E-state index contributed by atoms with van der Waals surface area (Å²) in [5.74, 6) is 0. The zero-order chi connectivity index (χ0) is 9.78. The van der Waals surface area contributed by atoms with Crippen molar-refractivity contribution in [2.75, 3.05) is 5.33 Å². The van der Waals surface area contributed by atoms with Gasteiger partial charge in [0.25, 0.3) is 0 Å². The van der Waals surface area contributed by atoms with Gasteiger partial charge in [0, 0.05) is 11.4 Å². The fraction of sp³-hybridized carbons (Fsp3) is 1.00. The van der Waals surface area contributed by atoms with Gasteiger partial charge in [-0.2, -0.15) is 0 Å². The molecule has 0 bridgehead atoms. The van der Waals surface area contributed by atoms with Crippen LogP contribution in [-0.2, 0) is 4.43 Å². The average Bonchev–Trinajstić information content (AvgIpc) is 1.85. The minimum absolute atomic E-state index is 0.389. The maximum absolute atomic E-state index is 5.96. The van der Waals surface area contributed by atoms with Gasteiger partial charge in [0.05, 0.1) is 0 Å². The number of halogens is 1. The standard InChI is InChI=1S/C9H21BrOSi/c1-8(6-7-10)11-12(5)9(2,3)4/h8,12H,6-7H2,1-5H3. The van der Waals surface area contributed by atoms with Gasteiger partial charge in [-0.3, -0.25) is 0 Å². The van der Waals surface area contributed by atoms with Crippen molar-refractivity contribution in [1.82, 2.24) is 0 Å². The lowest BCUT2D eigenvalue weighted by molar-refractivity contribution is 0.210. The quantitative estimate of drug-likeness (QED) is 0.551. The Balaban J connectivity index is 3.76. The molecule has 74 valence electrons. The number of hydrogen-bond donors (Lipinski definition) is 0. The van der Waals surface area contributed by atoms with E-state index in [4.69, 9.17) is 4.43 Å². The summed E-state index contributed by atoms with van der Waals surface area (Å²) in [5, 5.41) is 1.43. The average molecular weight is 253 g/mol. The van der Waals surface area contributed by atoms with E-state index < -0.39 is 9.04 Å². The molecule has 0 radical (unpaired) electrons. The third kappa shape index (κ3) is 5.33. The highest BCUT2D eigenvalue weighted by molar-refractivity contribution is 9.09. The smallest absolute Gasteiger partial charge is 0.179 e. The Hall–Kier alpha value is 0.657. The zero-order valence-electron chi connectivity index (χ0n) is 8.86. The molecule has 0 aliphatic rings. The number of alkyl halides is 1. The molecule has 0 saturated carbocycles. The van der Waals surface area contributed by atoms with Crippen LogP contribution in [0.25, 0.3) is 0 Å². The summed E-state index contributed by atoms with van der Waals surface area (Å²) < 4.78 is 5.96. The van der Waals surface area contributed by atoms with Crippen molar-refractivity contribution in [3.63, 3.8) is 0 Å². The lowest BCUT2D eigenvalue weighted by atomic mass is 10.3. The van der Waals surface area contributed by atoms with Gasteiger partial charge < -0.3 is 4.43 Å². The van der Waals surface area contributed by atoms with Gasteiger partial charge in [-0.1, -0.05) is 36.7 Å². The second kappa shape index (κ2) is 5.40. The molecule has 3 heteroatoms. The molecule has 0 saturated heterocycles. The first kappa shape index (κ1) is 12.7. The van der Waals surface area contributed by atoms with E-state index in [-0.39, 0.29) is 0 Å². The van der Waals surface area contributed by atoms with Crippen molar-refractivity contribution in [3.8, 4) is 0 Å². The molecule has 2 unspecified atom stereocenters. The van der Waals surface area contributed by atoms with Gasteiger partial charge in [0.1, 0.15) is 0 Å². The SMILES string of the molecule is CC(CCBr)O[SiH](C)C(C)(C)C. The van der Waals surface area contributed by atoms with Gasteiger partial charge in [-0.05, 0) is 24.9 Å². The van der Waals surface area contributed by atoms with Gasteiger partial charge >= 0.3 is 0 Å². The monoisotopic (exact) mass is 252 g/mol. The summed E-state index contributed by atoms with van der Waals surface area (Å²) in [7, 11) is -1.00. The van der Waals surface area contributed by atoms with E-state index in [2.05, 4.69) is 50.2 Å². The fourth-order valence-corrected chi connectivity index (χ4v) is 2.66. The summed E-state index contributed by atoms with van der Waals surface area (Å²) >= 11 is 3.43. The fourth-order valence-electron chi connectivity index (χ4n) is 0.774. The van der Waals surface area contributed by atoms with Crippen LogP contribution >= 0.6 is 15.9 Å². The van der Waals surface area contributed by atoms with Crippen LogP contribution in [0.3, 0.4) is 0 Å². The molecule has 0 N–H and O–H groups in total. The van der Waals surface area contributed by atoms with Crippen LogP contribution in [0.15, 0.2) is 0 Å². The Morgan fingerprint density at radius 1 is 1.42 bits per heavy atom. The van der Waals surface area contributed by atoms with Crippen LogP contribution in [0.4, 0.5) is 0 Å². The number of hydrogen-bond acceptors (Lipinski definition) is 1. The molecule has 0 spiro atoms. The Kier molecular flexibility index (Phi) is 5.70. The Morgan fingerprint density at radius 2 is 1.92 bits per heavy atom. The summed E-state index contributed by atoms with van der Waals surface area (Å²) in [6.45, 7) is 11.3. The largest absolute Gasteiger partial charge is 0.417 e. The van der Waals surface area contributed by atoms with Gasteiger partial charge in [0.15, 0.2) is 9.04 Å². The van der Waals surface area contributed by atoms with Crippen LogP contribution < -0.4 is 0 Å².